The minimum atomic E-state index is -0.909. The smallest absolute Gasteiger partial charge is 0.313 e. The van der Waals surface area contributed by atoms with Gasteiger partial charge in [0.15, 0.2) is 11.5 Å². The molecular weight excluding hydrogens is 232 g/mol. The van der Waals surface area contributed by atoms with Crippen LogP contribution in [0.25, 0.3) is 11.5 Å². The van der Waals surface area contributed by atoms with Crippen LogP contribution in [0.3, 0.4) is 0 Å². The Kier molecular flexibility index (Phi) is 2.91. The molecule has 7 nitrogen and oxygen atoms in total. The van der Waals surface area contributed by atoms with Gasteiger partial charge in [-0.05, 0) is 6.92 Å². The second-order valence-corrected chi connectivity index (χ2v) is 3.91. The van der Waals surface area contributed by atoms with Crippen molar-refractivity contribution in [1.29, 1.82) is 0 Å². The molecule has 2 aromatic heterocycles. The molecule has 0 saturated carbocycles. The summed E-state index contributed by atoms with van der Waals surface area (Å²) in [5.74, 6) is 0.152. The molecule has 0 aliphatic heterocycles. The van der Waals surface area contributed by atoms with Gasteiger partial charge in [0, 0.05) is 6.07 Å². The minimum Gasteiger partial charge on any atom is -0.481 e. The van der Waals surface area contributed by atoms with Crippen molar-refractivity contribution >= 4 is 17.7 Å². The molecular formula is C8H8N4O3S. The zero-order valence-corrected chi connectivity index (χ0v) is 9.11. The fourth-order valence-electron chi connectivity index (χ4n) is 1.03. The molecule has 16 heavy (non-hydrogen) atoms. The highest BCUT2D eigenvalue weighted by Gasteiger charge is 2.10. The molecule has 0 bridgehead atoms. The summed E-state index contributed by atoms with van der Waals surface area (Å²) in [5, 5.41) is 19.1. The summed E-state index contributed by atoms with van der Waals surface area (Å²) in [7, 11) is 0. The molecule has 2 rings (SSSR count). The Balaban J connectivity index is 2.10. The lowest BCUT2D eigenvalue weighted by Gasteiger charge is -1.87. The summed E-state index contributed by atoms with van der Waals surface area (Å²) in [5.41, 5.74) is 0.548. The van der Waals surface area contributed by atoms with Gasteiger partial charge in [-0.2, -0.15) is 4.98 Å². The third kappa shape index (κ3) is 2.40. The van der Waals surface area contributed by atoms with Gasteiger partial charge in [-0.25, -0.2) is 0 Å². The molecule has 2 heterocycles. The zero-order chi connectivity index (χ0) is 11.5. The Morgan fingerprint density at radius 1 is 1.69 bits per heavy atom. The molecule has 0 radical (unpaired) electrons. The molecule has 2 N–H and O–H groups in total. The van der Waals surface area contributed by atoms with E-state index in [1.165, 1.54) is 0 Å². The third-order valence-electron chi connectivity index (χ3n) is 1.66. The number of aromatic nitrogens is 4. The number of nitrogens with zero attached hydrogens (tertiary/aromatic N) is 3. The molecule has 0 saturated heterocycles. The number of rotatable bonds is 4. The van der Waals surface area contributed by atoms with E-state index in [2.05, 4.69) is 20.3 Å². The molecule has 0 spiro atoms. The van der Waals surface area contributed by atoms with Crippen molar-refractivity contribution in [2.24, 2.45) is 0 Å². The maximum absolute atomic E-state index is 10.3. The van der Waals surface area contributed by atoms with E-state index in [1.54, 1.807) is 13.0 Å². The van der Waals surface area contributed by atoms with E-state index in [1.807, 2.05) is 0 Å². The van der Waals surface area contributed by atoms with Gasteiger partial charge in [0.1, 0.15) is 5.76 Å². The fraction of sp³-hybridized carbons (Fsp3) is 0.250. The summed E-state index contributed by atoms with van der Waals surface area (Å²) < 4.78 is 4.89. The molecule has 0 aliphatic carbocycles. The average Bonchev–Trinajstić information content (AvgIpc) is 2.83. The topological polar surface area (TPSA) is 105 Å². The highest BCUT2D eigenvalue weighted by molar-refractivity contribution is 7.99. The van der Waals surface area contributed by atoms with Gasteiger partial charge >= 0.3 is 5.97 Å². The number of H-pyrrole nitrogens is 1. The Bertz CT molecular complexity index is 507. The second kappa shape index (κ2) is 4.35. The van der Waals surface area contributed by atoms with Crippen molar-refractivity contribution in [1.82, 2.24) is 20.3 Å². The first-order valence-corrected chi connectivity index (χ1v) is 5.34. The van der Waals surface area contributed by atoms with Crippen LogP contribution >= 0.6 is 11.8 Å². The second-order valence-electron chi connectivity index (χ2n) is 2.97. The third-order valence-corrected chi connectivity index (χ3v) is 2.49. The maximum Gasteiger partial charge on any atom is 0.313 e. The van der Waals surface area contributed by atoms with Crippen LogP contribution in [0.2, 0.25) is 0 Å². The van der Waals surface area contributed by atoms with Gasteiger partial charge in [-0.15, -0.1) is 5.10 Å². The van der Waals surface area contributed by atoms with Crippen LogP contribution in [0.4, 0.5) is 0 Å². The lowest BCUT2D eigenvalue weighted by Crippen LogP contribution is -1.97. The van der Waals surface area contributed by atoms with E-state index in [9.17, 15) is 4.79 Å². The van der Waals surface area contributed by atoms with Crippen LogP contribution < -0.4 is 0 Å². The quantitative estimate of drug-likeness (QED) is 0.766. The first-order valence-electron chi connectivity index (χ1n) is 4.36. The van der Waals surface area contributed by atoms with E-state index in [0.717, 1.165) is 11.8 Å². The van der Waals surface area contributed by atoms with Crippen LogP contribution in [0.5, 0.6) is 0 Å². The molecule has 84 valence electrons. The van der Waals surface area contributed by atoms with E-state index in [-0.39, 0.29) is 5.75 Å². The van der Waals surface area contributed by atoms with Crippen LogP contribution in [-0.4, -0.2) is 37.2 Å². The van der Waals surface area contributed by atoms with Gasteiger partial charge in [0.2, 0.25) is 5.16 Å². The van der Waals surface area contributed by atoms with Crippen LogP contribution in [0, 0.1) is 6.92 Å². The average molecular weight is 240 g/mol. The first kappa shape index (κ1) is 10.7. The Hall–Kier alpha value is -1.83. The van der Waals surface area contributed by atoms with E-state index >= 15 is 0 Å². The van der Waals surface area contributed by atoms with Gasteiger partial charge in [-0.1, -0.05) is 16.9 Å². The van der Waals surface area contributed by atoms with Crippen molar-refractivity contribution in [3.8, 4) is 11.5 Å². The fourth-order valence-corrected chi connectivity index (χ4v) is 1.55. The number of carbonyl (C=O) groups is 1. The van der Waals surface area contributed by atoms with Gasteiger partial charge in [-0.3, -0.25) is 9.89 Å². The van der Waals surface area contributed by atoms with Gasteiger partial charge in [0.05, 0.1) is 5.75 Å². The minimum absolute atomic E-state index is 0.0743. The normalized spacial score (nSPS) is 10.6. The van der Waals surface area contributed by atoms with E-state index in [0.29, 0.717) is 22.4 Å². The van der Waals surface area contributed by atoms with Gasteiger partial charge < -0.3 is 9.63 Å². The SMILES string of the molecule is Cc1cc(-c2nc(SCC(=O)O)n[nH]2)no1. The Morgan fingerprint density at radius 2 is 2.50 bits per heavy atom. The van der Waals surface area contributed by atoms with E-state index in [4.69, 9.17) is 9.63 Å². The summed E-state index contributed by atoms with van der Waals surface area (Å²) >= 11 is 1.04. The molecule has 8 heteroatoms. The Morgan fingerprint density at radius 3 is 3.12 bits per heavy atom. The van der Waals surface area contributed by atoms with Crippen LogP contribution in [0.15, 0.2) is 15.7 Å². The number of carboxylic acid groups (broad SMARTS) is 1. The highest BCUT2D eigenvalue weighted by atomic mass is 32.2. The molecule has 0 aliphatic rings. The predicted molar refractivity (Wildman–Crippen MR) is 55.0 cm³/mol. The van der Waals surface area contributed by atoms with Crippen LogP contribution in [-0.2, 0) is 4.79 Å². The Labute approximate surface area is 94.2 Å². The lowest BCUT2D eigenvalue weighted by molar-refractivity contribution is -0.133. The van der Waals surface area contributed by atoms with Crippen molar-refractivity contribution < 1.29 is 14.4 Å². The largest absolute Gasteiger partial charge is 0.481 e. The summed E-state index contributed by atoms with van der Waals surface area (Å²) in [6.45, 7) is 1.77. The molecule has 0 amide bonds. The number of carboxylic acids is 1. The predicted octanol–water partition coefficient (Wildman–Crippen LogP) is 0.945. The maximum atomic E-state index is 10.3. The number of aryl methyl sites for hydroxylation is 1. The first-order chi connectivity index (χ1) is 7.65. The van der Waals surface area contributed by atoms with Crippen molar-refractivity contribution in [2.75, 3.05) is 5.75 Å². The van der Waals surface area contributed by atoms with E-state index < -0.39 is 5.97 Å². The monoisotopic (exact) mass is 240 g/mol. The molecule has 0 unspecified atom stereocenters. The number of nitrogens with one attached hydrogen (secondary N) is 1. The lowest BCUT2D eigenvalue weighted by atomic mass is 10.4. The summed E-state index contributed by atoms with van der Waals surface area (Å²) in [4.78, 5) is 14.4. The van der Waals surface area contributed by atoms with Gasteiger partial charge in [0.25, 0.3) is 0 Å². The van der Waals surface area contributed by atoms with Crippen LogP contribution in [0.1, 0.15) is 5.76 Å². The standard InChI is InChI=1S/C8H8N4O3S/c1-4-2-5(12-15-4)7-9-8(11-10-7)16-3-6(13)14/h2H,3H2,1H3,(H,13,14)(H,9,10,11). The zero-order valence-electron chi connectivity index (χ0n) is 8.30. The number of thioether (sulfide) groups is 1. The molecule has 0 atom stereocenters. The molecule has 0 fully saturated rings. The molecule has 0 aromatic carbocycles. The van der Waals surface area contributed by atoms with Crippen molar-refractivity contribution in [2.45, 2.75) is 12.1 Å². The number of aliphatic carboxylic acids is 1. The number of hydrogen-bond acceptors (Lipinski definition) is 6. The number of aromatic amines is 1. The summed E-state index contributed by atoms with van der Waals surface area (Å²) in [6, 6.07) is 1.71. The number of hydrogen-bond donors (Lipinski definition) is 2. The summed E-state index contributed by atoms with van der Waals surface area (Å²) in [6.07, 6.45) is 0. The highest BCUT2D eigenvalue weighted by Crippen LogP contribution is 2.18. The van der Waals surface area contributed by atoms with Crippen molar-refractivity contribution in [3.63, 3.8) is 0 Å². The molecule has 2 aromatic rings. The van der Waals surface area contributed by atoms with Crippen molar-refractivity contribution in [3.05, 3.63) is 11.8 Å².